The molecule has 1 aliphatic carbocycles. The van der Waals surface area contributed by atoms with Gasteiger partial charge in [0.15, 0.2) is 22.4 Å². The van der Waals surface area contributed by atoms with Crippen molar-refractivity contribution in [1.29, 1.82) is 5.26 Å². The fourth-order valence-corrected chi connectivity index (χ4v) is 5.94. The van der Waals surface area contributed by atoms with E-state index in [1.165, 1.54) is 23.1 Å². The third kappa shape index (κ3) is 5.00. The van der Waals surface area contributed by atoms with Crippen LogP contribution in [0.3, 0.4) is 0 Å². The number of halogens is 4. The first-order valence-corrected chi connectivity index (χ1v) is 13.5. The van der Waals surface area contributed by atoms with Gasteiger partial charge in [-0.25, -0.2) is 9.37 Å². The van der Waals surface area contributed by atoms with Crippen LogP contribution in [0.5, 0.6) is 5.75 Å². The lowest BCUT2D eigenvalue weighted by Crippen LogP contribution is -2.55. The van der Waals surface area contributed by atoms with Crippen molar-refractivity contribution < 1.29 is 27.1 Å². The summed E-state index contributed by atoms with van der Waals surface area (Å²) in [5, 5.41) is 9.05. The second-order valence-corrected chi connectivity index (χ2v) is 10.6. The number of likely N-dealkylation sites (N-methyl/N-ethyl adjacent to an activating group) is 1. The molecule has 1 aromatic heterocycles. The third-order valence-corrected chi connectivity index (χ3v) is 8.16. The molecule has 0 atom stereocenters. The zero-order chi connectivity index (χ0) is 28.7. The van der Waals surface area contributed by atoms with Crippen molar-refractivity contribution in [1.82, 2.24) is 14.8 Å². The molecule has 3 fully saturated rings. The molecular formula is C27H28F4N6O2S. The Labute approximate surface area is 234 Å². The lowest BCUT2D eigenvalue weighted by atomic mass is 9.75. The van der Waals surface area contributed by atoms with Gasteiger partial charge in [0.25, 0.3) is 5.91 Å². The smallest absolute Gasteiger partial charge is 0.421 e. The molecule has 2 saturated heterocycles. The summed E-state index contributed by atoms with van der Waals surface area (Å²) in [6.45, 7) is 5.15. The Morgan fingerprint density at radius 1 is 1.18 bits per heavy atom. The van der Waals surface area contributed by atoms with E-state index in [0.29, 0.717) is 25.9 Å². The maximum absolute atomic E-state index is 15.2. The van der Waals surface area contributed by atoms with Gasteiger partial charge in [-0.3, -0.25) is 9.69 Å². The molecule has 1 saturated carbocycles. The van der Waals surface area contributed by atoms with Crippen molar-refractivity contribution >= 4 is 34.6 Å². The number of hydrogen-bond acceptors (Lipinski definition) is 7. The number of thiocarbonyl (C=S) groups is 1. The molecule has 2 aromatic rings. The molecule has 0 radical (unpaired) electrons. The van der Waals surface area contributed by atoms with Gasteiger partial charge >= 0.3 is 6.18 Å². The Kier molecular flexibility index (Phi) is 7.69. The highest BCUT2D eigenvalue weighted by molar-refractivity contribution is 7.81. The number of alkyl halides is 3. The van der Waals surface area contributed by atoms with Gasteiger partial charge < -0.3 is 19.4 Å². The Bertz CT molecular complexity index is 1350. The van der Waals surface area contributed by atoms with Crippen LogP contribution >= 0.6 is 12.2 Å². The summed E-state index contributed by atoms with van der Waals surface area (Å²) in [5.74, 6) is -1.26. The predicted molar refractivity (Wildman–Crippen MR) is 144 cm³/mol. The van der Waals surface area contributed by atoms with E-state index in [4.69, 9.17) is 17.0 Å². The average Bonchev–Trinajstić information content (AvgIpc) is 3.13. The molecule has 3 aliphatic rings. The minimum atomic E-state index is -4.96. The summed E-state index contributed by atoms with van der Waals surface area (Å²) >= 11 is 5.54. The molecular weight excluding hydrogens is 548 g/mol. The van der Waals surface area contributed by atoms with Gasteiger partial charge in [-0.2, -0.15) is 18.4 Å². The number of nitrogens with zero attached hydrogens (tertiary/aromatic N) is 6. The Morgan fingerprint density at radius 2 is 1.90 bits per heavy atom. The van der Waals surface area contributed by atoms with Crippen LogP contribution in [-0.2, 0) is 11.0 Å². The van der Waals surface area contributed by atoms with Crippen molar-refractivity contribution in [2.24, 2.45) is 0 Å². The van der Waals surface area contributed by atoms with Crippen molar-refractivity contribution in [2.45, 2.75) is 37.4 Å². The van der Waals surface area contributed by atoms with Crippen molar-refractivity contribution in [3.8, 4) is 11.8 Å². The Hall–Kier alpha value is -3.34. The third-order valence-electron chi connectivity index (χ3n) is 7.80. The Morgan fingerprint density at radius 3 is 2.50 bits per heavy atom. The standard InChI is InChI=1S/C27H28F4N6O2S/c1-34-11-13-35(14-12-34)10-3-15-39-22-5-4-18(16-19(22)28)37-25(40)36(24(38)26(37)7-2-8-26)21-6-9-33-20(17-32)23(21)27(29,30)31/h4-6,9,16H,2-3,7-8,10-15H2,1H3. The summed E-state index contributed by atoms with van der Waals surface area (Å²) in [4.78, 5) is 24.0. The average molecular weight is 577 g/mol. The van der Waals surface area contributed by atoms with E-state index >= 15 is 4.39 Å². The van der Waals surface area contributed by atoms with E-state index in [1.807, 2.05) is 0 Å². The summed E-state index contributed by atoms with van der Waals surface area (Å²) in [5.41, 5.74) is -3.75. The molecule has 0 unspecified atom stereocenters. The van der Waals surface area contributed by atoms with E-state index in [9.17, 15) is 23.2 Å². The van der Waals surface area contributed by atoms with Crippen LogP contribution in [0.15, 0.2) is 30.5 Å². The predicted octanol–water partition coefficient (Wildman–Crippen LogP) is 4.19. The second-order valence-electron chi connectivity index (χ2n) is 10.3. The fraction of sp³-hybridized carbons (Fsp3) is 0.481. The van der Waals surface area contributed by atoms with Gasteiger partial charge in [-0.05, 0) is 63.1 Å². The van der Waals surface area contributed by atoms with Gasteiger partial charge in [0, 0.05) is 50.7 Å². The maximum Gasteiger partial charge on any atom is 0.421 e. The lowest BCUT2D eigenvalue weighted by molar-refractivity contribution is -0.137. The lowest BCUT2D eigenvalue weighted by Gasteiger charge is -2.43. The number of pyridine rings is 1. The van der Waals surface area contributed by atoms with Crippen LogP contribution < -0.4 is 14.5 Å². The van der Waals surface area contributed by atoms with Gasteiger partial charge in [-0.1, -0.05) is 0 Å². The van der Waals surface area contributed by atoms with E-state index in [0.717, 1.165) is 56.3 Å². The highest BCUT2D eigenvalue weighted by Crippen LogP contribution is 2.50. The molecule has 13 heteroatoms. The highest BCUT2D eigenvalue weighted by atomic mass is 32.1. The highest BCUT2D eigenvalue weighted by Gasteiger charge is 2.60. The summed E-state index contributed by atoms with van der Waals surface area (Å²) in [6.07, 6.45) is -1.86. The number of piperazine rings is 1. The molecule has 1 amide bonds. The van der Waals surface area contributed by atoms with E-state index < -0.39 is 40.4 Å². The van der Waals surface area contributed by atoms with Crippen molar-refractivity contribution in [3.05, 3.63) is 47.5 Å². The number of carbonyl (C=O) groups excluding carboxylic acids is 1. The Balaban J connectivity index is 1.36. The molecule has 1 spiro atoms. The summed E-state index contributed by atoms with van der Waals surface area (Å²) < 4.78 is 62.8. The molecule has 0 N–H and O–H groups in total. The van der Waals surface area contributed by atoms with Crippen LogP contribution in [0.2, 0.25) is 0 Å². The number of amides is 1. The van der Waals surface area contributed by atoms with Gasteiger partial charge in [0.1, 0.15) is 17.2 Å². The van der Waals surface area contributed by atoms with E-state index in [2.05, 4.69) is 21.8 Å². The topological polar surface area (TPSA) is 75.9 Å². The van der Waals surface area contributed by atoms with Gasteiger partial charge in [0.2, 0.25) is 0 Å². The fourth-order valence-electron chi connectivity index (χ4n) is 5.48. The van der Waals surface area contributed by atoms with Crippen LogP contribution in [0.25, 0.3) is 0 Å². The summed E-state index contributed by atoms with van der Waals surface area (Å²) in [6, 6.07) is 6.66. The van der Waals surface area contributed by atoms with Crippen molar-refractivity contribution in [3.63, 3.8) is 0 Å². The van der Waals surface area contributed by atoms with Crippen LogP contribution in [-0.4, -0.2) is 77.7 Å². The minimum Gasteiger partial charge on any atom is -0.490 e. The number of rotatable bonds is 7. The molecule has 2 aliphatic heterocycles. The molecule has 1 aromatic carbocycles. The number of anilines is 2. The molecule has 212 valence electrons. The first-order valence-electron chi connectivity index (χ1n) is 13.0. The van der Waals surface area contributed by atoms with Crippen LogP contribution in [0.1, 0.15) is 36.9 Å². The SMILES string of the molecule is CN1CCN(CCCOc2ccc(N3C(=S)N(c4ccnc(C#N)c4C(F)(F)F)C(=O)C34CCC4)cc2F)CC1. The van der Waals surface area contributed by atoms with Crippen LogP contribution in [0, 0.1) is 17.1 Å². The maximum atomic E-state index is 15.2. The molecule has 40 heavy (non-hydrogen) atoms. The zero-order valence-electron chi connectivity index (χ0n) is 21.9. The largest absolute Gasteiger partial charge is 0.490 e. The number of benzene rings is 1. The number of ether oxygens (including phenoxy) is 1. The quantitative estimate of drug-likeness (QED) is 0.276. The summed E-state index contributed by atoms with van der Waals surface area (Å²) in [7, 11) is 2.09. The van der Waals surface area contributed by atoms with Crippen LogP contribution in [0.4, 0.5) is 28.9 Å². The first-order chi connectivity index (χ1) is 19.1. The number of carbonyl (C=O) groups is 1. The zero-order valence-corrected chi connectivity index (χ0v) is 22.7. The normalized spacial score (nSPS) is 19.7. The second kappa shape index (κ2) is 10.9. The molecule has 5 rings (SSSR count). The molecule has 3 heterocycles. The van der Waals surface area contributed by atoms with Crippen molar-refractivity contribution in [2.75, 3.05) is 56.2 Å². The molecule has 8 nitrogen and oxygen atoms in total. The number of hydrogen-bond donors (Lipinski definition) is 0. The first kappa shape index (κ1) is 28.2. The van der Waals surface area contributed by atoms with E-state index in [1.54, 1.807) is 6.07 Å². The number of aromatic nitrogens is 1. The monoisotopic (exact) mass is 576 g/mol. The minimum absolute atomic E-state index is 0.0465. The van der Waals surface area contributed by atoms with E-state index in [-0.39, 0.29) is 16.5 Å². The van der Waals surface area contributed by atoms with Gasteiger partial charge in [0.05, 0.1) is 12.3 Å². The molecule has 0 bridgehead atoms. The van der Waals surface area contributed by atoms with Gasteiger partial charge in [-0.15, -0.1) is 0 Å². The number of nitriles is 1.